The van der Waals surface area contributed by atoms with Crippen molar-refractivity contribution in [2.75, 3.05) is 0 Å². The largest absolute Gasteiger partial charge is 0.506 e. The maximum absolute atomic E-state index is 11.0. The van der Waals surface area contributed by atoms with Crippen molar-refractivity contribution in [3.63, 3.8) is 0 Å². The summed E-state index contributed by atoms with van der Waals surface area (Å²) in [6, 6.07) is 6.48. The van der Waals surface area contributed by atoms with Crippen molar-refractivity contribution in [1.82, 2.24) is 4.57 Å². The molecule has 1 fully saturated rings. The topological polar surface area (TPSA) is 136 Å². The number of alkyl halides is 1. The maximum Gasteiger partial charge on any atom is 0.202 e. The van der Waals surface area contributed by atoms with E-state index in [-0.39, 0.29) is 5.75 Å². The Bertz CT molecular complexity index is 720. The fourth-order valence-electron chi connectivity index (χ4n) is 2.89. The molecule has 0 aliphatic carbocycles. The van der Waals surface area contributed by atoms with Crippen LogP contribution in [0.5, 0.6) is 5.75 Å². The Labute approximate surface area is 138 Å². The summed E-state index contributed by atoms with van der Waals surface area (Å²) in [6.07, 6.45) is -5.86. The average molecular weight is 390 g/mol. The molecule has 0 radical (unpaired) electrons. The van der Waals surface area contributed by atoms with E-state index in [1.54, 1.807) is 24.3 Å². The summed E-state index contributed by atoms with van der Waals surface area (Å²) < 4.78 is 5.99. The first-order valence-electron chi connectivity index (χ1n) is 6.82. The first-order chi connectivity index (χ1) is 10.8. The molecule has 23 heavy (non-hydrogen) atoms. The van der Waals surface area contributed by atoms with Crippen molar-refractivity contribution in [3.8, 4) is 5.75 Å². The average Bonchev–Trinajstić information content (AvgIpc) is 2.86. The Morgan fingerprint density at radius 3 is 2.48 bits per heavy atom. The van der Waals surface area contributed by atoms with Gasteiger partial charge < -0.3 is 39.9 Å². The van der Waals surface area contributed by atoms with Crippen LogP contribution in [0.25, 0.3) is 10.9 Å². The SMILES string of the molecule is Oc1cn([C@]2(O)[C@H](O)[C@@H](C(O)Br)O[C@H](O)[C@H]2O)c2ccccc12. The fourth-order valence-corrected chi connectivity index (χ4v) is 3.31. The molecule has 1 saturated heterocycles. The number of aliphatic hydroxyl groups is 5. The maximum atomic E-state index is 11.0. The number of nitrogens with zero attached hydrogens (tertiary/aromatic N) is 1. The number of hydrogen-bond acceptors (Lipinski definition) is 7. The predicted octanol–water partition coefficient (Wildman–Crippen LogP) is -0.856. The van der Waals surface area contributed by atoms with Gasteiger partial charge in [0.05, 0.1) is 5.52 Å². The highest BCUT2D eigenvalue weighted by molar-refractivity contribution is 9.09. The van der Waals surface area contributed by atoms with Crippen LogP contribution in [0.1, 0.15) is 0 Å². The molecule has 1 aromatic heterocycles. The predicted molar refractivity (Wildman–Crippen MR) is 81.6 cm³/mol. The van der Waals surface area contributed by atoms with Gasteiger partial charge >= 0.3 is 0 Å². The highest BCUT2D eigenvalue weighted by atomic mass is 79.9. The summed E-state index contributed by atoms with van der Waals surface area (Å²) in [5.74, 6) is -0.176. The third-order valence-electron chi connectivity index (χ3n) is 4.10. The molecule has 0 spiro atoms. The van der Waals surface area contributed by atoms with Crippen molar-refractivity contribution in [1.29, 1.82) is 0 Å². The minimum Gasteiger partial charge on any atom is -0.506 e. The zero-order valence-electron chi connectivity index (χ0n) is 11.7. The summed E-state index contributed by atoms with van der Waals surface area (Å²) in [6.45, 7) is 0. The van der Waals surface area contributed by atoms with Crippen LogP contribution in [0.15, 0.2) is 30.5 Å². The second-order valence-corrected chi connectivity index (χ2v) is 6.38. The van der Waals surface area contributed by atoms with Crippen molar-refractivity contribution in [2.45, 2.75) is 35.3 Å². The molecule has 3 rings (SSSR count). The molecule has 1 aromatic carbocycles. The number of ether oxygens (including phenoxy) is 1. The lowest BCUT2D eigenvalue weighted by atomic mass is 9.91. The van der Waals surface area contributed by atoms with E-state index in [0.717, 1.165) is 10.8 Å². The number of benzene rings is 1. The smallest absolute Gasteiger partial charge is 0.202 e. The highest BCUT2D eigenvalue weighted by Crippen LogP contribution is 2.40. The standard InChI is InChI=1S/C14H16BrNO7/c15-12(20)9-10(18)14(22,11(19)13(21)23-9)16-5-8(17)6-3-1-2-4-7(6)16/h1-5,9-13,17-22H/t9-,10+,11+,12?,13-,14-/m0/s1. The molecule has 6 atom stereocenters. The van der Waals surface area contributed by atoms with Crippen molar-refractivity contribution < 1.29 is 35.4 Å². The molecule has 0 amide bonds. The van der Waals surface area contributed by atoms with E-state index >= 15 is 0 Å². The number of hydrogen-bond donors (Lipinski definition) is 6. The Morgan fingerprint density at radius 1 is 1.17 bits per heavy atom. The number of rotatable bonds is 2. The van der Waals surface area contributed by atoms with Gasteiger partial charge in [0.2, 0.25) is 5.72 Å². The van der Waals surface area contributed by atoms with E-state index in [2.05, 4.69) is 15.9 Å². The third-order valence-corrected chi connectivity index (χ3v) is 4.62. The van der Waals surface area contributed by atoms with E-state index in [9.17, 15) is 30.6 Å². The summed E-state index contributed by atoms with van der Waals surface area (Å²) in [4.78, 5) is 0. The van der Waals surface area contributed by atoms with E-state index in [0.29, 0.717) is 10.9 Å². The van der Waals surface area contributed by atoms with Crippen molar-refractivity contribution >= 4 is 26.8 Å². The Kier molecular flexibility index (Phi) is 4.13. The first kappa shape index (κ1) is 16.7. The van der Waals surface area contributed by atoms with Gasteiger partial charge in [0.15, 0.2) is 12.4 Å². The Morgan fingerprint density at radius 2 is 1.83 bits per heavy atom. The van der Waals surface area contributed by atoms with Crippen LogP contribution in [0, 0.1) is 0 Å². The van der Waals surface area contributed by atoms with Crippen LogP contribution in [0.2, 0.25) is 0 Å². The van der Waals surface area contributed by atoms with Gasteiger partial charge in [-0.3, -0.25) is 0 Å². The second-order valence-electron chi connectivity index (χ2n) is 5.44. The lowest BCUT2D eigenvalue weighted by molar-refractivity contribution is -0.348. The lowest BCUT2D eigenvalue weighted by Gasteiger charge is -2.48. The van der Waals surface area contributed by atoms with Crippen LogP contribution < -0.4 is 0 Å². The molecule has 2 heterocycles. The van der Waals surface area contributed by atoms with Gasteiger partial charge in [-0.2, -0.15) is 0 Å². The molecule has 0 saturated carbocycles. The summed E-state index contributed by atoms with van der Waals surface area (Å²) >= 11 is 2.81. The molecule has 1 aliphatic heterocycles. The van der Waals surface area contributed by atoms with E-state index < -0.39 is 35.3 Å². The molecular weight excluding hydrogens is 374 g/mol. The highest BCUT2D eigenvalue weighted by Gasteiger charge is 2.58. The van der Waals surface area contributed by atoms with Gasteiger partial charge in [-0.1, -0.05) is 28.1 Å². The van der Waals surface area contributed by atoms with Gasteiger partial charge in [0, 0.05) is 11.6 Å². The Balaban J connectivity index is 2.20. The molecule has 1 aliphatic rings. The molecular formula is C14H16BrNO7. The number of aliphatic hydroxyl groups excluding tert-OH is 4. The molecule has 0 bridgehead atoms. The van der Waals surface area contributed by atoms with E-state index in [1.165, 1.54) is 0 Å². The van der Waals surface area contributed by atoms with Crippen LogP contribution in [-0.4, -0.2) is 64.8 Å². The van der Waals surface area contributed by atoms with E-state index in [4.69, 9.17) is 4.74 Å². The minimum atomic E-state index is -2.43. The third kappa shape index (κ3) is 2.36. The molecule has 6 N–H and O–H groups in total. The number of aromatic nitrogens is 1. The van der Waals surface area contributed by atoms with Gasteiger partial charge in [-0.15, -0.1) is 0 Å². The molecule has 2 aromatic rings. The monoisotopic (exact) mass is 389 g/mol. The first-order valence-corrected chi connectivity index (χ1v) is 7.73. The van der Waals surface area contributed by atoms with Gasteiger partial charge in [-0.25, -0.2) is 0 Å². The molecule has 126 valence electrons. The zero-order valence-corrected chi connectivity index (χ0v) is 13.3. The van der Waals surface area contributed by atoms with Crippen LogP contribution in [-0.2, 0) is 10.5 Å². The van der Waals surface area contributed by atoms with Gasteiger partial charge in [0.1, 0.15) is 23.0 Å². The number of aromatic hydroxyl groups is 1. The number of fused-ring (bicyclic) bond motifs is 1. The van der Waals surface area contributed by atoms with Crippen LogP contribution in [0.4, 0.5) is 0 Å². The summed E-state index contributed by atoms with van der Waals surface area (Å²) in [7, 11) is 0. The number of halogens is 1. The lowest BCUT2D eigenvalue weighted by Crippen LogP contribution is -2.68. The zero-order chi connectivity index (χ0) is 16.9. The second kappa shape index (κ2) is 5.71. The molecule has 9 heteroatoms. The van der Waals surface area contributed by atoms with Crippen molar-refractivity contribution in [2.24, 2.45) is 0 Å². The normalized spacial score (nSPS) is 36.3. The van der Waals surface area contributed by atoms with Gasteiger partial charge in [-0.05, 0) is 12.1 Å². The number of para-hydroxylation sites is 1. The van der Waals surface area contributed by atoms with E-state index in [1.807, 2.05) is 0 Å². The van der Waals surface area contributed by atoms with Gasteiger partial charge in [0.25, 0.3) is 0 Å². The van der Waals surface area contributed by atoms with Crippen molar-refractivity contribution in [3.05, 3.63) is 30.5 Å². The molecule has 8 nitrogen and oxygen atoms in total. The van der Waals surface area contributed by atoms with Crippen LogP contribution >= 0.6 is 15.9 Å². The quantitative estimate of drug-likeness (QED) is 0.368. The Hall–Kier alpha value is -1.20. The minimum absolute atomic E-state index is 0.176. The summed E-state index contributed by atoms with van der Waals surface area (Å²) in [5, 5.41) is 60.0. The molecule has 1 unspecified atom stereocenters. The fraction of sp³-hybridized carbons (Fsp3) is 0.429. The summed E-state index contributed by atoms with van der Waals surface area (Å²) in [5.41, 5.74) is -2.11. The van der Waals surface area contributed by atoms with Crippen LogP contribution in [0.3, 0.4) is 0 Å².